The summed E-state index contributed by atoms with van der Waals surface area (Å²) < 4.78 is 16.0. The Balaban J connectivity index is 2.14. The second-order valence-electron chi connectivity index (χ2n) is 4.74. The van der Waals surface area contributed by atoms with Gasteiger partial charge in [0, 0.05) is 16.1 Å². The van der Waals surface area contributed by atoms with Gasteiger partial charge in [-0.25, -0.2) is 9.37 Å². The SMILES string of the molecule is Cc1nc2cc(F)c(Br)cc2n1Cc1cc(Cl)ccc1Cl. The molecule has 2 nitrogen and oxygen atoms in total. The van der Waals surface area contributed by atoms with E-state index in [2.05, 4.69) is 20.9 Å². The van der Waals surface area contributed by atoms with Crippen LogP contribution in [0.3, 0.4) is 0 Å². The van der Waals surface area contributed by atoms with Crippen LogP contribution in [0.2, 0.25) is 10.0 Å². The van der Waals surface area contributed by atoms with E-state index in [1.807, 2.05) is 17.6 Å². The maximum Gasteiger partial charge on any atom is 0.139 e. The summed E-state index contributed by atoms with van der Waals surface area (Å²) in [6, 6.07) is 8.49. The summed E-state index contributed by atoms with van der Waals surface area (Å²) >= 11 is 15.4. The summed E-state index contributed by atoms with van der Waals surface area (Å²) in [6.45, 7) is 2.41. The zero-order valence-electron chi connectivity index (χ0n) is 11.0. The van der Waals surface area contributed by atoms with Gasteiger partial charge in [0.05, 0.1) is 22.1 Å². The highest BCUT2D eigenvalue weighted by atomic mass is 79.9. The topological polar surface area (TPSA) is 17.8 Å². The third-order valence-corrected chi connectivity index (χ3v) is 4.53. The van der Waals surface area contributed by atoms with E-state index in [0.29, 0.717) is 26.6 Å². The second kappa shape index (κ2) is 5.59. The Hall–Kier alpha value is -1.10. The maximum atomic E-state index is 13.6. The molecule has 0 N–H and O–H groups in total. The number of halogens is 4. The number of aryl methyl sites for hydroxylation is 1. The highest BCUT2D eigenvalue weighted by Gasteiger charge is 2.12. The first-order valence-electron chi connectivity index (χ1n) is 6.21. The van der Waals surface area contributed by atoms with Crippen LogP contribution < -0.4 is 0 Å². The molecule has 0 saturated carbocycles. The minimum atomic E-state index is -0.326. The van der Waals surface area contributed by atoms with E-state index >= 15 is 0 Å². The highest BCUT2D eigenvalue weighted by Crippen LogP contribution is 2.27. The van der Waals surface area contributed by atoms with Gasteiger partial charge in [0.25, 0.3) is 0 Å². The molecule has 0 aliphatic heterocycles. The highest BCUT2D eigenvalue weighted by molar-refractivity contribution is 9.10. The van der Waals surface area contributed by atoms with Crippen LogP contribution in [0.15, 0.2) is 34.8 Å². The molecular formula is C15H10BrCl2FN2. The standard InChI is InChI=1S/C15H10BrCl2FN2/c1-8-20-14-6-13(19)11(16)5-15(14)21(8)7-9-4-10(17)2-3-12(9)18/h2-6H,7H2,1H3. The van der Waals surface area contributed by atoms with Gasteiger partial charge in [-0.3, -0.25) is 0 Å². The Morgan fingerprint density at radius 2 is 2.00 bits per heavy atom. The van der Waals surface area contributed by atoms with E-state index in [1.54, 1.807) is 18.2 Å². The van der Waals surface area contributed by atoms with E-state index in [-0.39, 0.29) is 5.82 Å². The lowest BCUT2D eigenvalue weighted by Gasteiger charge is -2.09. The molecule has 0 fully saturated rings. The molecule has 21 heavy (non-hydrogen) atoms. The Morgan fingerprint density at radius 3 is 2.76 bits per heavy atom. The fraction of sp³-hybridized carbons (Fsp3) is 0.133. The van der Waals surface area contributed by atoms with Crippen molar-refractivity contribution in [2.24, 2.45) is 0 Å². The lowest BCUT2D eigenvalue weighted by atomic mass is 10.2. The molecule has 0 bridgehead atoms. The van der Waals surface area contributed by atoms with Crippen LogP contribution in [-0.4, -0.2) is 9.55 Å². The maximum absolute atomic E-state index is 13.6. The van der Waals surface area contributed by atoms with Gasteiger partial charge in [0.2, 0.25) is 0 Å². The Labute approximate surface area is 139 Å². The van der Waals surface area contributed by atoms with Gasteiger partial charge in [-0.15, -0.1) is 0 Å². The molecule has 1 heterocycles. The monoisotopic (exact) mass is 386 g/mol. The summed E-state index contributed by atoms with van der Waals surface area (Å²) in [5.41, 5.74) is 2.36. The van der Waals surface area contributed by atoms with Crippen LogP contribution in [0.1, 0.15) is 11.4 Å². The van der Waals surface area contributed by atoms with Gasteiger partial charge in [-0.05, 0) is 52.7 Å². The quantitative estimate of drug-likeness (QED) is 0.559. The van der Waals surface area contributed by atoms with Crippen LogP contribution in [0.25, 0.3) is 11.0 Å². The van der Waals surface area contributed by atoms with E-state index in [1.165, 1.54) is 6.07 Å². The van der Waals surface area contributed by atoms with Crippen molar-refractivity contribution in [1.29, 1.82) is 0 Å². The average Bonchev–Trinajstić information content (AvgIpc) is 2.71. The summed E-state index contributed by atoms with van der Waals surface area (Å²) in [7, 11) is 0. The molecule has 0 amide bonds. The number of rotatable bonds is 2. The number of fused-ring (bicyclic) bond motifs is 1. The molecule has 1 aromatic heterocycles. The van der Waals surface area contributed by atoms with Crippen molar-refractivity contribution in [1.82, 2.24) is 9.55 Å². The lowest BCUT2D eigenvalue weighted by Crippen LogP contribution is -2.02. The summed E-state index contributed by atoms with van der Waals surface area (Å²) in [5, 5.41) is 1.27. The van der Waals surface area contributed by atoms with Crippen LogP contribution in [0, 0.1) is 12.7 Å². The fourth-order valence-electron chi connectivity index (χ4n) is 2.27. The van der Waals surface area contributed by atoms with Crippen molar-refractivity contribution in [3.8, 4) is 0 Å². The second-order valence-corrected chi connectivity index (χ2v) is 6.43. The Bertz CT molecular complexity index is 845. The summed E-state index contributed by atoms with van der Waals surface area (Å²) in [6.07, 6.45) is 0. The van der Waals surface area contributed by atoms with E-state index in [0.717, 1.165) is 16.9 Å². The van der Waals surface area contributed by atoms with Crippen molar-refractivity contribution < 1.29 is 4.39 Å². The van der Waals surface area contributed by atoms with Gasteiger partial charge in [0.15, 0.2) is 0 Å². The van der Waals surface area contributed by atoms with Crippen molar-refractivity contribution in [3.05, 3.63) is 62.1 Å². The molecule has 108 valence electrons. The molecule has 3 aromatic rings. The molecule has 0 aliphatic carbocycles. The van der Waals surface area contributed by atoms with Gasteiger partial charge in [0.1, 0.15) is 11.6 Å². The first kappa shape index (κ1) is 14.8. The van der Waals surface area contributed by atoms with Gasteiger partial charge >= 0.3 is 0 Å². The normalized spacial score (nSPS) is 11.3. The average molecular weight is 388 g/mol. The van der Waals surface area contributed by atoms with Gasteiger partial charge in [-0.1, -0.05) is 23.2 Å². The van der Waals surface area contributed by atoms with Crippen LogP contribution in [0.5, 0.6) is 0 Å². The largest absolute Gasteiger partial charge is 0.324 e. The Morgan fingerprint density at radius 1 is 1.24 bits per heavy atom. The zero-order chi connectivity index (χ0) is 15.1. The molecule has 0 aliphatic rings. The number of benzene rings is 2. The molecule has 0 saturated heterocycles. The van der Waals surface area contributed by atoms with Crippen LogP contribution >= 0.6 is 39.1 Å². The third-order valence-electron chi connectivity index (χ3n) is 3.32. The lowest BCUT2D eigenvalue weighted by molar-refractivity contribution is 0.622. The first-order chi connectivity index (χ1) is 9.95. The first-order valence-corrected chi connectivity index (χ1v) is 7.76. The molecule has 0 radical (unpaired) electrons. The molecule has 2 aromatic carbocycles. The van der Waals surface area contributed by atoms with E-state index in [4.69, 9.17) is 23.2 Å². The number of hydrogen-bond acceptors (Lipinski definition) is 1. The predicted molar refractivity (Wildman–Crippen MR) is 87.7 cm³/mol. The van der Waals surface area contributed by atoms with Crippen molar-refractivity contribution >= 4 is 50.2 Å². The molecule has 0 spiro atoms. The third kappa shape index (κ3) is 2.80. The number of nitrogens with zero attached hydrogens (tertiary/aromatic N) is 2. The fourth-order valence-corrected chi connectivity index (χ4v) is 2.98. The van der Waals surface area contributed by atoms with Crippen LogP contribution in [0.4, 0.5) is 4.39 Å². The zero-order valence-corrected chi connectivity index (χ0v) is 14.1. The summed E-state index contributed by atoms with van der Waals surface area (Å²) in [5.74, 6) is 0.464. The smallest absolute Gasteiger partial charge is 0.139 e. The van der Waals surface area contributed by atoms with Crippen molar-refractivity contribution in [3.63, 3.8) is 0 Å². The molecule has 0 unspecified atom stereocenters. The number of imidazole rings is 1. The van der Waals surface area contributed by atoms with Gasteiger partial charge < -0.3 is 4.57 Å². The van der Waals surface area contributed by atoms with Crippen molar-refractivity contribution in [2.45, 2.75) is 13.5 Å². The van der Waals surface area contributed by atoms with Crippen LogP contribution in [-0.2, 0) is 6.54 Å². The molecule has 6 heteroatoms. The molecule has 3 rings (SSSR count). The Kier molecular flexibility index (Phi) is 3.95. The van der Waals surface area contributed by atoms with E-state index < -0.39 is 0 Å². The van der Waals surface area contributed by atoms with Gasteiger partial charge in [-0.2, -0.15) is 0 Å². The van der Waals surface area contributed by atoms with Crippen molar-refractivity contribution in [2.75, 3.05) is 0 Å². The van der Waals surface area contributed by atoms with E-state index in [9.17, 15) is 4.39 Å². The minimum Gasteiger partial charge on any atom is -0.324 e. The number of aromatic nitrogens is 2. The molecule has 0 atom stereocenters. The predicted octanol–water partition coefficient (Wildman–Crippen LogP) is 5.60. The minimum absolute atomic E-state index is 0.326. The summed E-state index contributed by atoms with van der Waals surface area (Å²) in [4.78, 5) is 4.39. The molecular weight excluding hydrogens is 378 g/mol. The number of hydrogen-bond donors (Lipinski definition) is 0.